The van der Waals surface area contributed by atoms with E-state index in [4.69, 9.17) is 10.8 Å². The van der Waals surface area contributed by atoms with Crippen LogP contribution in [0.5, 0.6) is 0 Å². The summed E-state index contributed by atoms with van der Waals surface area (Å²) in [6, 6.07) is 7.51. The lowest BCUT2D eigenvalue weighted by Gasteiger charge is -2.32. The van der Waals surface area contributed by atoms with Crippen molar-refractivity contribution >= 4 is 5.91 Å². The van der Waals surface area contributed by atoms with Crippen LogP contribution in [0.25, 0.3) is 0 Å². The van der Waals surface area contributed by atoms with Gasteiger partial charge < -0.3 is 15.7 Å². The highest BCUT2D eigenvalue weighted by molar-refractivity contribution is 5.94. The number of benzene rings is 1. The Labute approximate surface area is 114 Å². The Morgan fingerprint density at radius 2 is 2.11 bits per heavy atom. The summed E-state index contributed by atoms with van der Waals surface area (Å²) in [5.41, 5.74) is 7.31. The minimum absolute atomic E-state index is 0.0891. The van der Waals surface area contributed by atoms with E-state index in [0.29, 0.717) is 12.5 Å². The van der Waals surface area contributed by atoms with Crippen molar-refractivity contribution in [2.75, 3.05) is 19.7 Å². The predicted molar refractivity (Wildman–Crippen MR) is 74.7 cm³/mol. The molecule has 4 nitrogen and oxygen atoms in total. The van der Waals surface area contributed by atoms with E-state index in [1.165, 1.54) is 0 Å². The Balaban J connectivity index is 2.01. The van der Waals surface area contributed by atoms with Crippen LogP contribution in [0.3, 0.4) is 0 Å². The quantitative estimate of drug-likeness (QED) is 0.861. The maximum atomic E-state index is 12.4. The topological polar surface area (TPSA) is 66.6 Å². The number of carbonyl (C=O) groups is 1. The zero-order valence-electron chi connectivity index (χ0n) is 11.2. The van der Waals surface area contributed by atoms with Gasteiger partial charge in [0.05, 0.1) is 0 Å². The zero-order valence-corrected chi connectivity index (χ0v) is 11.2. The van der Waals surface area contributed by atoms with Gasteiger partial charge in [-0.05, 0) is 42.9 Å². The number of nitrogens with zero attached hydrogens (tertiary/aromatic N) is 1. The number of aliphatic hydroxyl groups excluding tert-OH is 1. The molecule has 4 heteroatoms. The summed E-state index contributed by atoms with van der Waals surface area (Å²) < 4.78 is 0. The van der Waals surface area contributed by atoms with Crippen LogP contribution < -0.4 is 5.73 Å². The van der Waals surface area contributed by atoms with Crippen LogP contribution >= 0.6 is 0 Å². The summed E-state index contributed by atoms with van der Waals surface area (Å²) in [4.78, 5) is 14.3. The van der Waals surface area contributed by atoms with E-state index in [9.17, 15) is 4.79 Å². The van der Waals surface area contributed by atoms with Crippen molar-refractivity contribution in [1.82, 2.24) is 4.90 Å². The molecule has 0 spiro atoms. The van der Waals surface area contributed by atoms with Crippen LogP contribution in [0, 0.1) is 5.92 Å². The molecule has 1 amide bonds. The van der Waals surface area contributed by atoms with Gasteiger partial charge in [0, 0.05) is 31.8 Å². The molecule has 19 heavy (non-hydrogen) atoms. The summed E-state index contributed by atoms with van der Waals surface area (Å²) in [6.07, 6.45) is 2.92. The predicted octanol–water partition coefficient (Wildman–Crippen LogP) is 1.38. The molecule has 104 valence electrons. The van der Waals surface area contributed by atoms with E-state index >= 15 is 0 Å². The van der Waals surface area contributed by atoms with E-state index in [-0.39, 0.29) is 12.5 Å². The highest BCUT2D eigenvalue weighted by Crippen LogP contribution is 2.21. The summed E-state index contributed by atoms with van der Waals surface area (Å²) in [7, 11) is 0. The van der Waals surface area contributed by atoms with Crippen molar-refractivity contribution in [3.05, 3.63) is 35.4 Å². The van der Waals surface area contributed by atoms with Crippen molar-refractivity contribution in [2.24, 2.45) is 11.7 Å². The average Bonchev–Trinajstić information content (AvgIpc) is 2.47. The van der Waals surface area contributed by atoms with Crippen LogP contribution in [-0.2, 0) is 6.54 Å². The van der Waals surface area contributed by atoms with Gasteiger partial charge in [0.25, 0.3) is 5.91 Å². The first-order chi connectivity index (χ1) is 9.24. The third kappa shape index (κ3) is 3.55. The summed E-state index contributed by atoms with van der Waals surface area (Å²) in [6.45, 7) is 2.28. The number of carbonyl (C=O) groups excluding carboxylic acids is 1. The lowest BCUT2D eigenvalue weighted by Crippen LogP contribution is -2.40. The first-order valence-corrected chi connectivity index (χ1v) is 6.93. The molecule has 1 fully saturated rings. The van der Waals surface area contributed by atoms with Gasteiger partial charge in [-0.2, -0.15) is 0 Å². The molecular weight excluding hydrogens is 240 g/mol. The second kappa shape index (κ2) is 6.68. The maximum Gasteiger partial charge on any atom is 0.253 e. The van der Waals surface area contributed by atoms with Gasteiger partial charge in [-0.3, -0.25) is 4.79 Å². The second-order valence-electron chi connectivity index (χ2n) is 5.17. The number of hydrogen-bond donors (Lipinski definition) is 2. The fraction of sp³-hybridized carbons (Fsp3) is 0.533. The molecule has 1 aromatic carbocycles. The zero-order chi connectivity index (χ0) is 13.7. The van der Waals surface area contributed by atoms with Crippen LogP contribution in [0.1, 0.15) is 35.2 Å². The molecule has 1 heterocycles. The minimum Gasteiger partial charge on any atom is -0.396 e. The summed E-state index contributed by atoms with van der Waals surface area (Å²) in [5, 5.41) is 9.00. The smallest absolute Gasteiger partial charge is 0.253 e. The molecule has 1 aliphatic rings. The number of amides is 1. The molecule has 1 aromatic rings. The first-order valence-electron chi connectivity index (χ1n) is 6.93. The third-order valence-corrected chi connectivity index (χ3v) is 3.78. The van der Waals surface area contributed by atoms with E-state index < -0.39 is 0 Å². The van der Waals surface area contributed by atoms with Gasteiger partial charge >= 0.3 is 0 Å². The Bertz CT molecular complexity index is 415. The van der Waals surface area contributed by atoms with E-state index in [1.54, 1.807) is 0 Å². The SMILES string of the molecule is NCc1ccc(C(=O)N2CCCC(CCO)C2)cc1. The standard InChI is InChI=1S/C15H22N2O2/c16-10-12-3-5-14(6-4-12)15(19)17-8-1-2-13(11-17)7-9-18/h3-6,13,18H,1-2,7-11,16H2. The fourth-order valence-corrected chi connectivity index (χ4v) is 2.63. The lowest BCUT2D eigenvalue weighted by molar-refractivity contribution is 0.0653. The fourth-order valence-electron chi connectivity index (χ4n) is 2.63. The lowest BCUT2D eigenvalue weighted by atomic mass is 9.94. The van der Waals surface area contributed by atoms with Gasteiger partial charge in [-0.15, -0.1) is 0 Å². The molecule has 0 aromatic heterocycles. The van der Waals surface area contributed by atoms with Crippen molar-refractivity contribution in [2.45, 2.75) is 25.8 Å². The molecule has 1 aliphatic heterocycles. The van der Waals surface area contributed by atoms with Crippen LogP contribution in [0.4, 0.5) is 0 Å². The number of hydrogen-bond acceptors (Lipinski definition) is 3. The molecule has 0 saturated carbocycles. The van der Waals surface area contributed by atoms with Crippen molar-refractivity contribution in [3.8, 4) is 0 Å². The molecule has 0 aliphatic carbocycles. The van der Waals surface area contributed by atoms with Crippen LogP contribution in [-0.4, -0.2) is 35.6 Å². The Kier molecular flexibility index (Phi) is 4.93. The van der Waals surface area contributed by atoms with E-state index in [0.717, 1.165) is 43.5 Å². The normalized spacial score (nSPS) is 19.5. The van der Waals surface area contributed by atoms with E-state index in [2.05, 4.69) is 0 Å². The molecule has 1 atom stereocenters. The van der Waals surface area contributed by atoms with Gasteiger partial charge in [0.2, 0.25) is 0 Å². The highest BCUT2D eigenvalue weighted by atomic mass is 16.3. The van der Waals surface area contributed by atoms with Crippen LogP contribution in [0.15, 0.2) is 24.3 Å². The summed E-state index contributed by atoms with van der Waals surface area (Å²) >= 11 is 0. The average molecular weight is 262 g/mol. The molecule has 1 saturated heterocycles. The molecule has 2 rings (SSSR count). The van der Waals surface area contributed by atoms with Crippen LogP contribution in [0.2, 0.25) is 0 Å². The molecule has 1 unspecified atom stereocenters. The third-order valence-electron chi connectivity index (χ3n) is 3.78. The second-order valence-corrected chi connectivity index (χ2v) is 5.17. The first kappa shape index (κ1) is 14.0. The van der Waals surface area contributed by atoms with Gasteiger partial charge in [-0.25, -0.2) is 0 Å². The van der Waals surface area contributed by atoms with Crippen molar-refractivity contribution in [3.63, 3.8) is 0 Å². The molecular formula is C15H22N2O2. The Morgan fingerprint density at radius 3 is 2.74 bits per heavy atom. The van der Waals surface area contributed by atoms with Gasteiger partial charge in [0.1, 0.15) is 0 Å². The molecule has 0 bridgehead atoms. The largest absolute Gasteiger partial charge is 0.396 e. The monoisotopic (exact) mass is 262 g/mol. The van der Waals surface area contributed by atoms with Crippen molar-refractivity contribution in [1.29, 1.82) is 0 Å². The number of rotatable bonds is 4. The number of nitrogens with two attached hydrogens (primary N) is 1. The molecule has 3 N–H and O–H groups in total. The Morgan fingerprint density at radius 1 is 1.37 bits per heavy atom. The minimum atomic E-state index is 0.0891. The van der Waals surface area contributed by atoms with Crippen molar-refractivity contribution < 1.29 is 9.90 Å². The number of likely N-dealkylation sites (tertiary alicyclic amines) is 1. The van der Waals surface area contributed by atoms with Gasteiger partial charge in [0.15, 0.2) is 0 Å². The maximum absolute atomic E-state index is 12.4. The Hall–Kier alpha value is -1.39. The molecule has 0 radical (unpaired) electrons. The van der Waals surface area contributed by atoms with Gasteiger partial charge in [-0.1, -0.05) is 12.1 Å². The summed E-state index contributed by atoms with van der Waals surface area (Å²) in [5.74, 6) is 0.525. The highest BCUT2D eigenvalue weighted by Gasteiger charge is 2.23. The van der Waals surface area contributed by atoms with E-state index in [1.807, 2.05) is 29.2 Å². The number of piperidine rings is 1. The number of aliphatic hydroxyl groups is 1.